The quantitative estimate of drug-likeness (QED) is 0.443. The lowest BCUT2D eigenvalue weighted by atomic mass is 10.2. The van der Waals surface area contributed by atoms with Crippen molar-refractivity contribution < 1.29 is 18.7 Å². The number of ether oxygens (including phenoxy) is 3. The average molecular weight is 457 g/mol. The van der Waals surface area contributed by atoms with Gasteiger partial charge in [-0.05, 0) is 48.5 Å². The van der Waals surface area contributed by atoms with Gasteiger partial charge < -0.3 is 28.5 Å². The highest BCUT2D eigenvalue weighted by atomic mass is 16.7. The fraction of sp³-hybridized carbons (Fsp3) is 0.240. The third kappa shape index (κ3) is 3.75. The number of aromatic nitrogens is 3. The molecule has 1 fully saturated rings. The Labute approximate surface area is 196 Å². The van der Waals surface area contributed by atoms with E-state index in [4.69, 9.17) is 18.7 Å². The molecule has 2 aliphatic rings. The zero-order valence-corrected chi connectivity index (χ0v) is 18.7. The summed E-state index contributed by atoms with van der Waals surface area (Å²) in [7, 11) is 1.64. The summed E-state index contributed by atoms with van der Waals surface area (Å²) in [6.07, 6.45) is 1.80. The highest BCUT2D eigenvalue weighted by molar-refractivity contribution is 5.71. The van der Waals surface area contributed by atoms with E-state index in [1.807, 2.05) is 48.5 Å². The number of piperazine rings is 1. The predicted octanol–water partition coefficient (Wildman–Crippen LogP) is 3.86. The molecule has 0 atom stereocenters. The van der Waals surface area contributed by atoms with Gasteiger partial charge in [-0.15, -0.1) is 0 Å². The predicted molar refractivity (Wildman–Crippen MR) is 127 cm³/mol. The summed E-state index contributed by atoms with van der Waals surface area (Å²) in [6.45, 7) is 3.63. The molecule has 9 nitrogen and oxygen atoms in total. The molecular formula is C25H23N5O4. The molecule has 0 aliphatic carbocycles. The molecule has 1 saturated heterocycles. The van der Waals surface area contributed by atoms with Crippen LogP contribution in [0.3, 0.4) is 0 Å². The van der Waals surface area contributed by atoms with Crippen LogP contribution in [0.15, 0.2) is 65.3 Å². The second-order valence-electron chi connectivity index (χ2n) is 8.04. The molecular weight excluding hydrogens is 434 g/mol. The third-order valence-corrected chi connectivity index (χ3v) is 6.09. The van der Waals surface area contributed by atoms with Crippen LogP contribution in [0.5, 0.6) is 17.2 Å². The van der Waals surface area contributed by atoms with Gasteiger partial charge in [0, 0.05) is 49.7 Å². The fourth-order valence-corrected chi connectivity index (χ4v) is 4.26. The molecule has 2 aromatic heterocycles. The summed E-state index contributed by atoms with van der Waals surface area (Å²) in [5.41, 5.74) is 2.82. The van der Waals surface area contributed by atoms with Crippen LogP contribution in [0.4, 0.5) is 11.5 Å². The van der Waals surface area contributed by atoms with Crippen molar-refractivity contribution in [3.63, 3.8) is 0 Å². The Balaban J connectivity index is 1.20. The Hall–Kier alpha value is -4.27. The third-order valence-electron chi connectivity index (χ3n) is 6.09. The van der Waals surface area contributed by atoms with E-state index >= 15 is 0 Å². The van der Waals surface area contributed by atoms with Crippen molar-refractivity contribution in [2.45, 2.75) is 0 Å². The lowest BCUT2D eigenvalue weighted by Gasteiger charge is -2.37. The smallest absolute Gasteiger partial charge is 0.261 e. The SMILES string of the molecule is COc1ccc(-c2noc(-c3cccnc3N3CCN(c4ccc5c(c4)OCO5)CC3)n2)cc1. The van der Waals surface area contributed by atoms with Crippen molar-refractivity contribution >= 4 is 11.5 Å². The van der Waals surface area contributed by atoms with E-state index in [0.29, 0.717) is 11.7 Å². The first-order chi connectivity index (χ1) is 16.8. The number of fused-ring (bicyclic) bond motifs is 1. The second kappa shape index (κ2) is 8.58. The molecule has 0 spiro atoms. The van der Waals surface area contributed by atoms with Gasteiger partial charge in [-0.25, -0.2) is 4.98 Å². The number of pyridine rings is 1. The highest BCUT2D eigenvalue weighted by Crippen LogP contribution is 2.36. The van der Waals surface area contributed by atoms with E-state index in [0.717, 1.165) is 66.1 Å². The molecule has 0 amide bonds. The molecule has 34 heavy (non-hydrogen) atoms. The second-order valence-corrected chi connectivity index (χ2v) is 8.04. The number of nitrogens with zero attached hydrogens (tertiary/aromatic N) is 5. The van der Waals surface area contributed by atoms with Crippen molar-refractivity contribution in [3.8, 4) is 40.1 Å². The van der Waals surface area contributed by atoms with Crippen LogP contribution in [0.2, 0.25) is 0 Å². The Kier molecular flexibility index (Phi) is 5.14. The summed E-state index contributed by atoms with van der Waals surface area (Å²) in [4.78, 5) is 13.9. The van der Waals surface area contributed by atoms with Gasteiger partial charge in [-0.2, -0.15) is 4.98 Å². The van der Waals surface area contributed by atoms with Crippen LogP contribution in [-0.4, -0.2) is 55.2 Å². The molecule has 0 N–H and O–H groups in total. The number of rotatable bonds is 5. The van der Waals surface area contributed by atoms with Gasteiger partial charge in [0.15, 0.2) is 11.5 Å². The van der Waals surface area contributed by atoms with E-state index in [-0.39, 0.29) is 6.79 Å². The maximum atomic E-state index is 5.63. The molecule has 0 saturated carbocycles. The fourth-order valence-electron chi connectivity index (χ4n) is 4.26. The number of hydrogen-bond donors (Lipinski definition) is 0. The Morgan fingerprint density at radius 3 is 2.50 bits per heavy atom. The van der Waals surface area contributed by atoms with E-state index in [1.165, 1.54) is 0 Å². The van der Waals surface area contributed by atoms with Gasteiger partial charge in [0.2, 0.25) is 12.6 Å². The van der Waals surface area contributed by atoms with E-state index in [1.54, 1.807) is 13.3 Å². The largest absolute Gasteiger partial charge is 0.497 e. The molecule has 4 heterocycles. The average Bonchev–Trinajstić information content (AvgIpc) is 3.58. The normalized spacial score (nSPS) is 15.0. The lowest BCUT2D eigenvalue weighted by Crippen LogP contribution is -2.47. The van der Waals surface area contributed by atoms with Crippen LogP contribution in [0.25, 0.3) is 22.8 Å². The molecule has 0 bridgehead atoms. The van der Waals surface area contributed by atoms with Gasteiger partial charge >= 0.3 is 0 Å². The van der Waals surface area contributed by atoms with Crippen molar-refractivity contribution in [3.05, 3.63) is 60.8 Å². The first-order valence-electron chi connectivity index (χ1n) is 11.1. The minimum absolute atomic E-state index is 0.283. The molecule has 9 heteroatoms. The van der Waals surface area contributed by atoms with Crippen LogP contribution in [0.1, 0.15) is 0 Å². The van der Waals surface area contributed by atoms with Crippen LogP contribution < -0.4 is 24.0 Å². The van der Waals surface area contributed by atoms with Crippen molar-refractivity contribution in [2.75, 3.05) is 49.9 Å². The summed E-state index contributed by atoms with van der Waals surface area (Å²) >= 11 is 0. The van der Waals surface area contributed by atoms with Gasteiger partial charge in [-0.1, -0.05) is 5.16 Å². The van der Waals surface area contributed by atoms with E-state index in [9.17, 15) is 0 Å². The molecule has 2 aromatic carbocycles. The summed E-state index contributed by atoms with van der Waals surface area (Å²) < 4.78 is 21.8. The zero-order chi connectivity index (χ0) is 22.9. The van der Waals surface area contributed by atoms with Crippen molar-refractivity contribution in [1.82, 2.24) is 15.1 Å². The molecule has 6 rings (SSSR count). The molecule has 4 aromatic rings. The number of hydrogen-bond acceptors (Lipinski definition) is 9. The summed E-state index contributed by atoms with van der Waals surface area (Å²) in [5.74, 6) is 4.21. The maximum absolute atomic E-state index is 5.63. The van der Waals surface area contributed by atoms with Gasteiger partial charge in [0.05, 0.1) is 12.7 Å². The minimum Gasteiger partial charge on any atom is -0.497 e. The standard InChI is InChI=1S/C25H23N5O4/c1-31-19-7-4-17(5-8-19)23-27-25(34-28-23)20-3-2-10-26-24(20)30-13-11-29(12-14-30)18-6-9-21-22(15-18)33-16-32-21/h2-10,15H,11-14,16H2,1H3. The topological polar surface area (TPSA) is 86.0 Å². The van der Waals surface area contributed by atoms with Gasteiger partial charge in [0.1, 0.15) is 11.6 Å². The first-order valence-corrected chi connectivity index (χ1v) is 11.1. The first kappa shape index (κ1) is 20.3. The minimum atomic E-state index is 0.283. The Bertz CT molecular complexity index is 1300. The van der Waals surface area contributed by atoms with Crippen LogP contribution >= 0.6 is 0 Å². The Morgan fingerprint density at radius 2 is 1.68 bits per heavy atom. The number of anilines is 2. The van der Waals surface area contributed by atoms with Crippen molar-refractivity contribution in [2.24, 2.45) is 0 Å². The highest BCUT2D eigenvalue weighted by Gasteiger charge is 2.24. The zero-order valence-electron chi connectivity index (χ0n) is 18.7. The molecule has 0 unspecified atom stereocenters. The lowest BCUT2D eigenvalue weighted by molar-refractivity contribution is 0.174. The van der Waals surface area contributed by atoms with Gasteiger partial charge in [0.25, 0.3) is 5.89 Å². The maximum Gasteiger partial charge on any atom is 0.261 e. The van der Waals surface area contributed by atoms with Crippen LogP contribution in [0, 0.1) is 0 Å². The monoisotopic (exact) mass is 457 g/mol. The summed E-state index contributed by atoms with van der Waals surface area (Å²) in [5, 5.41) is 4.18. The van der Waals surface area contributed by atoms with Crippen molar-refractivity contribution in [1.29, 1.82) is 0 Å². The van der Waals surface area contributed by atoms with E-state index < -0.39 is 0 Å². The Morgan fingerprint density at radius 1 is 0.882 bits per heavy atom. The molecule has 0 radical (unpaired) electrons. The number of methoxy groups -OCH3 is 1. The number of benzene rings is 2. The van der Waals surface area contributed by atoms with Crippen LogP contribution in [-0.2, 0) is 0 Å². The van der Waals surface area contributed by atoms with Gasteiger partial charge in [-0.3, -0.25) is 0 Å². The molecule has 2 aliphatic heterocycles. The van der Waals surface area contributed by atoms with E-state index in [2.05, 4.69) is 31.0 Å². The summed E-state index contributed by atoms with van der Waals surface area (Å²) in [6, 6.07) is 17.5. The molecule has 172 valence electrons.